The van der Waals surface area contributed by atoms with Crippen molar-refractivity contribution in [2.24, 2.45) is 0 Å². The van der Waals surface area contributed by atoms with Gasteiger partial charge in [-0.25, -0.2) is 14.4 Å². The average molecular weight is 676 g/mol. The summed E-state index contributed by atoms with van der Waals surface area (Å²) in [7, 11) is 1.26. The minimum Gasteiger partial charge on any atom is -0.467 e. The number of nitrogens with one attached hydrogen (secondary N) is 3. The van der Waals surface area contributed by atoms with Crippen LogP contribution in [0.4, 0.5) is 9.59 Å². The molecule has 0 aromatic heterocycles. The molecule has 49 heavy (non-hydrogen) atoms. The van der Waals surface area contributed by atoms with E-state index < -0.39 is 48.3 Å². The lowest BCUT2D eigenvalue weighted by Gasteiger charge is -2.47. The second-order valence-corrected chi connectivity index (χ2v) is 12.5. The number of esters is 1. The smallest absolute Gasteiger partial charge is 0.407 e. The Morgan fingerprint density at radius 1 is 0.898 bits per heavy atom. The van der Waals surface area contributed by atoms with Crippen LogP contribution in [0.5, 0.6) is 0 Å². The van der Waals surface area contributed by atoms with Gasteiger partial charge in [0.25, 0.3) is 0 Å². The second kappa shape index (κ2) is 17.1. The largest absolute Gasteiger partial charge is 0.467 e. The highest BCUT2D eigenvalue weighted by atomic mass is 16.7. The molecule has 0 radical (unpaired) electrons. The van der Waals surface area contributed by atoms with E-state index in [9.17, 15) is 19.2 Å². The quantitative estimate of drug-likeness (QED) is 0.173. The van der Waals surface area contributed by atoms with Gasteiger partial charge in [-0.2, -0.15) is 0 Å². The van der Waals surface area contributed by atoms with Crippen LogP contribution in [-0.4, -0.2) is 67.9 Å². The van der Waals surface area contributed by atoms with Crippen molar-refractivity contribution in [3.8, 4) is 0 Å². The summed E-state index contributed by atoms with van der Waals surface area (Å²) in [5.41, 5.74) is 1.92. The Labute approximate surface area is 286 Å². The number of carbonyl (C=O) groups is 4. The Hall–Kier alpha value is -4.68. The molecule has 2 fully saturated rings. The Morgan fingerprint density at radius 3 is 2.45 bits per heavy atom. The summed E-state index contributed by atoms with van der Waals surface area (Å²) in [5.74, 6) is -1.96. The number of methoxy groups -OCH3 is 1. The molecule has 1 spiro atoms. The van der Waals surface area contributed by atoms with Gasteiger partial charge in [0.2, 0.25) is 5.91 Å². The van der Waals surface area contributed by atoms with Gasteiger partial charge >= 0.3 is 18.2 Å². The highest BCUT2D eigenvalue weighted by molar-refractivity contribution is 5.86. The second-order valence-electron chi connectivity index (χ2n) is 12.5. The molecule has 12 nitrogen and oxygen atoms in total. The molecular formula is C37H45N3O9. The summed E-state index contributed by atoms with van der Waals surface area (Å²) in [6.45, 7) is 2.21. The van der Waals surface area contributed by atoms with E-state index in [2.05, 4.69) is 16.0 Å². The zero-order valence-corrected chi connectivity index (χ0v) is 28.0. The summed E-state index contributed by atoms with van der Waals surface area (Å²) in [4.78, 5) is 49.9. The average Bonchev–Trinajstić information content (AvgIpc) is 3.11. The van der Waals surface area contributed by atoms with E-state index in [0.717, 1.165) is 28.3 Å². The molecule has 5 rings (SSSR count). The van der Waals surface area contributed by atoms with Crippen LogP contribution in [0.1, 0.15) is 63.0 Å². The summed E-state index contributed by atoms with van der Waals surface area (Å²) in [6.07, 6.45) is 0.397. The van der Waals surface area contributed by atoms with Crippen LogP contribution in [0.25, 0.3) is 10.8 Å². The molecule has 0 saturated carbocycles. The van der Waals surface area contributed by atoms with E-state index in [4.69, 9.17) is 23.7 Å². The molecule has 3 aromatic carbocycles. The van der Waals surface area contributed by atoms with E-state index in [1.807, 2.05) is 72.8 Å². The lowest BCUT2D eigenvalue weighted by Crippen LogP contribution is -2.53. The zero-order chi connectivity index (χ0) is 34.6. The van der Waals surface area contributed by atoms with Crippen LogP contribution < -0.4 is 16.0 Å². The van der Waals surface area contributed by atoms with E-state index in [-0.39, 0.29) is 25.4 Å². The van der Waals surface area contributed by atoms with Crippen LogP contribution in [0.3, 0.4) is 0 Å². The van der Waals surface area contributed by atoms with Crippen molar-refractivity contribution in [1.82, 2.24) is 16.0 Å². The summed E-state index contributed by atoms with van der Waals surface area (Å²) >= 11 is 0. The Balaban J connectivity index is 1.19. The topological polar surface area (TPSA) is 151 Å². The Bertz CT molecular complexity index is 1580. The highest BCUT2D eigenvalue weighted by Crippen LogP contribution is 2.41. The van der Waals surface area contributed by atoms with Gasteiger partial charge in [0, 0.05) is 38.8 Å². The third-order valence-electron chi connectivity index (χ3n) is 8.79. The van der Waals surface area contributed by atoms with Crippen LogP contribution in [-0.2, 0) is 46.4 Å². The fourth-order valence-electron chi connectivity index (χ4n) is 6.40. The lowest BCUT2D eigenvalue weighted by molar-refractivity contribution is -0.329. The third kappa shape index (κ3) is 10.4. The van der Waals surface area contributed by atoms with Gasteiger partial charge in [0.15, 0.2) is 5.79 Å². The van der Waals surface area contributed by atoms with Crippen molar-refractivity contribution in [3.05, 3.63) is 83.9 Å². The Kier molecular flexibility index (Phi) is 12.4. The molecule has 2 saturated heterocycles. The van der Waals surface area contributed by atoms with Crippen molar-refractivity contribution in [2.75, 3.05) is 13.7 Å². The van der Waals surface area contributed by atoms with Crippen LogP contribution in [0, 0.1) is 0 Å². The molecule has 2 aliphatic rings. The minimum absolute atomic E-state index is 0.0290. The molecule has 2 aliphatic heterocycles. The molecule has 2 heterocycles. The van der Waals surface area contributed by atoms with Gasteiger partial charge in [-0.3, -0.25) is 4.79 Å². The maximum absolute atomic E-state index is 13.1. The fraction of sp³-hybridized carbons (Fsp3) is 0.459. The van der Waals surface area contributed by atoms with Crippen LogP contribution in [0.15, 0.2) is 72.8 Å². The van der Waals surface area contributed by atoms with Crippen molar-refractivity contribution in [1.29, 1.82) is 0 Å². The number of fused-ring (bicyclic) bond motifs is 1. The van der Waals surface area contributed by atoms with E-state index in [0.29, 0.717) is 38.8 Å². The molecule has 12 heteroatoms. The first-order chi connectivity index (χ1) is 23.7. The number of amides is 3. The SMILES string of the molecule is COC(=O)[C@H](C)NC(=O)CC[C@@H]1C[C@@H](OC(=O)NCc2cccc3ccccc23)C[C@@]2(CCC[C@H](COC(=O)NCc3ccccc3)O2)O1. The summed E-state index contributed by atoms with van der Waals surface area (Å²) in [6, 6.07) is 22.7. The van der Waals surface area contributed by atoms with Crippen molar-refractivity contribution in [3.63, 3.8) is 0 Å². The maximum atomic E-state index is 13.1. The van der Waals surface area contributed by atoms with Crippen LogP contribution >= 0.6 is 0 Å². The van der Waals surface area contributed by atoms with Crippen LogP contribution in [0.2, 0.25) is 0 Å². The molecule has 3 aromatic rings. The maximum Gasteiger partial charge on any atom is 0.407 e. The molecule has 3 amide bonds. The first-order valence-corrected chi connectivity index (χ1v) is 16.8. The summed E-state index contributed by atoms with van der Waals surface area (Å²) < 4.78 is 29.1. The molecule has 0 aliphatic carbocycles. The van der Waals surface area contributed by atoms with Crippen molar-refractivity contribution < 1.29 is 42.9 Å². The normalized spacial score (nSPS) is 22.4. The number of hydrogen-bond donors (Lipinski definition) is 3. The highest BCUT2D eigenvalue weighted by Gasteiger charge is 2.47. The lowest BCUT2D eigenvalue weighted by atomic mass is 9.90. The van der Waals surface area contributed by atoms with Gasteiger partial charge in [-0.1, -0.05) is 72.8 Å². The number of ether oxygens (including phenoxy) is 5. The van der Waals surface area contributed by atoms with Gasteiger partial charge in [-0.15, -0.1) is 0 Å². The van der Waals surface area contributed by atoms with Gasteiger partial charge in [0.05, 0.1) is 19.3 Å². The molecule has 3 N–H and O–H groups in total. The number of hydrogen-bond acceptors (Lipinski definition) is 9. The van der Waals surface area contributed by atoms with Gasteiger partial charge in [0.1, 0.15) is 18.8 Å². The zero-order valence-electron chi connectivity index (χ0n) is 28.0. The van der Waals surface area contributed by atoms with Crippen molar-refractivity contribution in [2.45, 2.75) is 95.1 Å². The van der Waals surface area contributed by atoms with E-state index in [1.165, 1.54) is 7.11 Å². The molecule has 262 valence electrons. The van der Waals surface area contributed by atoms with E-state index in [1.54, 1.807) is 6.92 Å². The standard InChI is InChI=1S/C37H45N3O9/c1-25(34(42)45-2)40-33(41)18-17-29-20-31(47-36(44)39-23-28-14-8-13-27-12-6-7-16-32(27)28)21-37(48-29)19-9-15-30(49-37)24-46-35(43)38-22-26-10-4-3-5-11-26/h3-8,10-14,16,25,29-31H,9,15,17-24H2,1-2H3,(H,38,43)(H,39,44)(H,40,41)/t25-,29+,30+,31+,37-/m0/s1. The van der Waals surface area contributed by atoms with Gasteiger partial charge in [-0.05, 0) is 48.1 Å². The Morgan fingerprint density at radius 2 is 1.63 bits per heavy atom. The van der Waals surface area contributed by atoms with Crippen molar-refractivity contribution >= 4 is 34.8 Å². The molecule has 5 atom stereocenters. The molecular weight excluding hydrogens is 630 g/mol. The minimum atomic E-state index is -1.09. The predicted molar refractivity (Wildman–Crippen MR) is 180 cm³/mol. The predicted octanol–water partition coefficient (Wildman–Crippen LogP) is 5.26. The number of benzene rings is 3. The van der Waals surface area contributed by atoms with E-state index >= 15 is 0 Å². The molecule has 0 bridgehead atoms. The number of carbonyl (C=O) groups excluding carboxylic acids is 4. The molecule has 0 unspecified atom stereocenters. The first-order valence-electron chi connectivity index (χ1n) is 16.8. The first kappa shape index (κ1) is 35.6. The van der Waals surface area contributed by atoms with Gasteiger partial charge < -0.3 is 39.6 Å². The number of rotatable bonds is 12. The number of alkyl carbamates (subject to hydrolysis) is 2. The fourth-order valence-corrected chi connectivity index (χ4v) is 6.40. The summed E-state index contributed by atoms with van der Waals surface area (Å²) in [5, 5.41) is 10.4. The third-order valence-corrected chi connectivity index (χ3v) is 8.79. The monoisotopic (exact) mass is 675 g/mol.